The van der Waals surface area contributed by atoms with Gasteiger partial charge in [0.1, 0.15) is 5.82 Å². The average Bonchev–Trinajstić information content (AvgIpc) is 2.41. The number of carbonyl (C=O) groups excluding carboxylic acids is 1. The van der Waals surface area contributed by atoms with E-state index in [1.807, 2.05) is 0 Å². The van der Waals surface area contributed by atoms with E-state index in [4.69, 9.17) is 11.6 Å². The van der Waals surface area contributed by atoms with Gasteiger partial charge in [-0.25, -0.2) is 4.39 Å². The molecule has 1 heterocycles. The number of rotatable bonds is 2. The number of hydrogen-bond acceptors (Lipinski definition) is 2. The van der Waals surface area contributed by atoms with Gasteiger partial charge < -0.3 is 10.2 Å². The van der Waals surface area contributed by atoms with Crippen molar-refractivity contribution in [3.63, 3.8) is 0 Å². The molecule has 0 saturated carbocycles. The zero-order valence-electron chi connectivity index (χ0n) is 10.7. The molecular weight excluding hydrogens is 290 g/mol. The Bertz CT molecular complexity index is 450. The lowest BCUT2D eigenvalue weighted by Gasteiger charge is -2.31. The molecular formula is C13H17Cl2FN2O. The van der Waals surface area contributed by atoms with Crippen molar-refractivity contribution in [2.75, 3.05) is 20.1 Å². The van der Waals surface area contributed by atoms with E-state index in [9.17, 15) is 9.18 Å². The first kappa shape index (κ1) is 16.2. The SMILES string of the molecule is CN(C(=O)c1ccc(F)c(Cl)c1)C1CCCNC1.Cl. The van der Waals surface area contributed by atoms with E-state index in [0.29, 0.717) is 5.56 Å². The van der Waals surface area contributed by atoms with Crippen LogP contribution in [0.4, 0.5) is 4.39 Å². The Labute approximate surface area is 123 Å². The van der Waals surface area contributed by atoms with Crippen LogP contribution < -0.4 is 5.32 Å². The summed E-state index contributed by atoms with van der Waals surface area (Å²) >= 11 is 5.69. The molecule has 1 fully saturated rings. The Morgan fingerprint density at radius 2 is 2.26 bits per heavy atom. The molecule has 2 rings (SSSR count). The molecule has 0 aliphatic carbocycles. The van der Waals surface area contributed by atoms with E-state index >= 15 is 0 Å². The predicted molar refractivity (Wildman–Crippen MR) is 76.6 cm³/mol. The topological polar surface area (TPSA) is 32.3 Å². The summed E-state index contributed by atoms with van der Waals surface area (Å²) in [5, 5.41) is 3.25. The van der Waals surface area contributed by atoms with Crippen LogP contribution in [-0.4, -0.2) is 37.0 Å². The summed E-state index contributed by atoms with van der Waals surface area (Å²) in [6, 6.07) is 4.26. The Kier molecular flexibility index (Phi) is 6.04. The normalized spacial score (nSPS) is 18.6. The third-order valence-corrected chi connectivity index (χ3v) is 3.60. The summed E-state index contributed by atoms with van der Waals surface area (Å²) in [7, 11) is 1.78. The van der Waals surface area contributed by atoms with Gasteiger partial charge in [0.15, 0.2) is 0 Å². The van der Waals surface area contributed by atoms with Gasteiger partial charge in [0.2, 0.25) is 0 Å². The van der Waals surface area contributed by atoms with Crippen LogP contribution in [0.5, 0.6) is 0 Å². The lowest BCUT2D eigenvalue weighted by Crippen LogP contribution is -2.46. The summed E-state index contributed by atoms with van der Waals surface area (Å²) in [6.07, 6.45) is 2.05. The summed E-state index contributed by atoms with van der Waals surface area (Å²) in [4.78, 5) is 13.9. The number of hydrogen-bond donors (Lipinski definition) is 1. The van der Waals surface area contributed by atoms with E-state index in [1.165, 1.54) is 18.2 Å². The molecule has 1 aliphatic rings. The molecule has 0 spiro atoms. The van der Waals surface area contributed by atoms with Crippen molar-refractivity contribution in [1.29, 1.82) is 0 Å². The highest BCUT2D eigenvalue weighted by molar-refractivity contribution is 6.31. The quantitative estimate of drug-likeness (QED) is 0.911. The van der Waals surface area contributed by atoms with Crippen LogP contribution in [0.25, 0.3) is 0 Å². The number of likely N-dealkylation sites (N-methyl/N-ethyl adjacent to an activating group) is 1. The second kappa shape index (κ2) is 7.08. The van der Waals surface area contributed by atoms with Crippen LogP contribution >= 0.6 is 24.0 Å². The molecule has 1 aromatic rings. The molecule has 1 aliphatic heterocycles. The maximum absolute atomic E-state index is 13.1. The molecule has 6 heteroatoms. The molecule has 3 nitrogen and oxygen atoms in total. The van der Waals surface area contributed by atoms with Crippen molar-refractivity contribution in [2.24, 2.45) is 0 Å². The minimum atomic E-state index is -0.504. The van der Waals surface area contributed by atoms with Crippen molar-refractivity contribution in [2.45, 2.75) is 18.9 Å². The minimum absolute atomic E-state index is 0. The zero-order valence-corrected chi connectivity index (χ0v) is 12.2. The molecule has 1 N–H and O–H groups in total. The van der Waals surface area contributed by atoms with Crippen LogP contribution in [0, 0.1) is 5.82 Å². The standard InChI is InChI=1S/C13H16ClFN2O.ClH/c1-17(10-3-2-6-16-8-10)13(18)9-4-5-12(15)11(14)7-9;/h4-5,7,10,16H,2-3,6,8H2,1H3;1H. The van der Waals surface area contributed by atoms with E-state index in [0.717, 1.165) is 25.9 Å². The fraction of sp³-hybridized carbons (Fsp3) is 0.462. The Morgan fingerprint density at radius 3 is 2.84 bits per heavy atom. The molecule has 19 heavy (non-hydrogen) atoms. The highest BCUT2D eigenvalue weighted by Crippen LogP contribution is 2.18. The number of amides is 1. The van der Waals surface area contributed by atoms with Crippen molar-refractivity contribution >= 4 is 29.9 Å². The number of carbonyl (C=O) groups is 1. The summed E-state index contributed by atoms with van der Waals surface area (Å²) in [6.45, 7) is 1.80. The van der Waals surface area contributed by atoms with Gasteiger partial charge in [-0.05, 0) is 37.6 Å². The fourth-order valence-corrected chi connectivity index (χ4v) is 2.34. The molecule has 0 radical (unpaired) electrons. The maximum Gasteiger partial charge on any atom is 0.253 e. The number of benzene rings is 1. The lowest BCUT2D eigenvalue weighted by molar-refractivity contribution is 0.0708. The number of nitrogens with zero attached hydrogens (tertiary/aromatic N) is 1. The third kappa shape index (κ3) is 3.81. The average molecular weight is 307 g/mol. The van der Waals surface area contributed by atoms with Crippen LogP contribution in [0.3, 0.4) is 0 Å². The van der Waals surface area contributed by atoms with Gasteiger partial charge in [0, 0.05) is 25.2 Å². The Hall–Kier alpha value is -0.840. The van der Waals surface area contributed by atoms with Crippen LogP contribution in [0.1, 0.15) is 23.2 Å². The molecule has 0 aromatic heterocycles. The van der Waals surface area contributed by atoms with Gasteiger partial charge in [-0.1, -0.05) is 11.6 Å². The molecule has 1 saturated heterocycles. The first-order valence-corrected chi connectivity index (χ1v) is 6.40. The first-order valence-electron chi connectivity index (χ1n) is 6.02. The second-order valence-corrected chi connectivity index (χ2v) is 4.95. The Morgan fingerprint density at radius 1 is 1.53 bits per heavy atom. The number of piperidine rings is 1. The monoisotopic (exact) mass is 306 g/mol. The van der Waals surface area contributed by atoms with Gasteiger partial charge in [-0.3, -0.25) is 4.79 Å². The van der Waals surface area contributed by atoms with Crippen molar-refractivity contribution in [1.82, 2.24) is 10.2 Å². The van der Waals surface area contributed by atoms with Crippen LogP contribution in [-0.2, 0) is 0 Å². The van der Waals surface area contributed by atoms with Gasteiger partial charge in [-0.2, -0.15) is 0 Å². The first-order chi connectivity index (χ1) is 8.59. The summed E-state index contributed by atoms with van der Waals surface area (Å²) in [5.41, 5.74) is 0.425. The van der Waals surface area contributed by atoms with Crippen LogP contribution in [0.2, 0.25) is 5.02 Å². The molecule has 1 amide bonds. The summed E-state index contributed by atoms with van der Waals surface area (Å²) in [5.74, 6) is -0.624. The van der Waals surface area contributed by atoms with E-state index < -0.39 is 5.82 Å². The maximum atomic E-state index is 13.1. The molecule has 1 unspecified atom stereocenters. The lowest BCUT2D eigenvalue weighted by atomic mass is 10.1. The van der Waals surface area contributed by atoms with E-state index in [-0.39, 0.29) is 29.4 Å². The summed E-state index contributed by atoms with van der Waals surface area (Å²) < 4.78 is 13.1. The van der Waals surface area contributed by atoms with E-state index in [1.54, 1.807) is 11.9 Å². The highest BCUT2D eigenvalue weighted by Gasteiger charge is 2.23. The number of nitrogens with one attached hydrogen (secondary N) is 1. The largest absolute Gasteiger partial charge is 0.337 e. The predicted octanol–water partition coefficient (Wildman–Crippen LogP) is 2.72. The van der Waals surface area contributed by atoms with Gasteiger partial charge in [0.25, 0.3) is 5.91 Å². The van der Waals surface area contributed by atoms with Gasteiger partial charge in [-0.15, -0.1) is 12.4 Å². The second-order valence-electron chi connectivity index (χ2n) is 4.55. The van der Waals surface area contributed by atoms with Gasteiger partial charge >= 0.3 is 0 Å². The molecule has 106 valence electrons. The van der Waals surface area contributed by atoms with Crippen LogP contribution in [0.15, 0.2) is 18.2 Å². The van der Waals surface area contributed by atoms with Crippen molar-refractivity contribution < 1.29 is 9.18 Å². The molecule has 1 aromatic carbocycles. The third-order valence-electron chi connectivity index (χ3n) is 3.31. The Balaban J connectivity index is 0.00000180. The van der Waals surface area contributed by atoms with Crippen molar-refractivity contribution in [3.05, 3.63) is 34.6 Å². The van der Waals surface area contributed by atoms with E-state index in [2.05, 4.69) is 5.32 Å². The molecule has 1 atom stereocenters. The smallest absolute Gasteiger partial charge is 0.253 e. The number of halogens is 3. The fourth-order valence-electron chi connectivity index (χ4n) is 2.16. The molecule has 0 bridgehead atoms. The van der Waals surface area contributed by atoms with Gasteiger partial charge in [0.05, 0.1) is 5.02 Å². The minimum Gasteiger partial charge on any atom is -0.337 e. The highest BCUT2D eigenvalue weighted by atomic mass is 35.5. The van der Waals surface area contributed by atoms with Crippen molar-refractivity contribution in [3.8, 4) is 0 Å². The zero-order chi connectivity index (χ0) is 13.1.